The van der Waals surface area contributed by atoms with Crippen molar-refractivity contribution in [2.24, 2.45) is 0 Å². The molecule has 3 aromatic rings. The lowest BCUT2D eigenvalue weighted by molar-refractivity contribution is 0.0314. The molecule has 0 saturated carbocycles. The third-order valence-electron chi connectivity index (χ3n) is 4.33. The Balaban J connectivity index is 1.86. The van der Waals surface area contributed by atoms with Gasteiger partial charge >= 0.3 is 5.97 Å². The maximum Gasteiger partial charge on any atom is 0.360 e. The van der Waals surface area contributed by atoms with Crippen LogP contribution in [0.4, 0.5) is 0 Å². The van der Waals surface area contributed by atoms with Crippen LogP contribution in [0, 0.1) is 13.8 Å². The van der Waals surface area contributed by atoms with Crippen LogP contribution < -0.4 is 5.56 Å². The second-order valence-electron chi connectivity index (χ2n) is 6.16. The highest BCUT2D eigenvalue weighted by molar-refractivity contribution is 6.05. The van der Waals surface area contributed by atoms with Crippen molar-refractivity contribution >= 4 is 22.5 Å². The number of benzene rings is 2. The Kier molecular flexibility index (Phi) is 4.67. The van der Waals surface area contributed by atoms with E-state index in [2.05, 4.69) is 10.2 Å². The fourth-order valence-electron chi connectivity index (χ4n) is 2.67. The molecule has 1 aromatic heterocycles. The summed E-state index contributed by atoms with van der Waals surface area (Å²) < 4.78 is 5.30. The molecule has 1 N–H and O–H groups in total. The lowest BCUT2D eigenvalue weighted by Gasteiger charge is -2.13. The zero-order valence-electron chi connectivity index (χ0n) is 14.7. The molecule has 1 unspecified atom stereocenters. The van der Waals surface area contributed by atoms with Crippen molar-refractivity contribution in [3.8, 4) is 0 Å². The van der Waals surface area contributed by atoms with Gasteiger partial charge in [0.15, 0.2) is 11.8 Å². The van der Waals surface area contributed by atoms with Gasteiger partial charge in [0, 0.05) is 10.9 Å². The number of nitrogens with zero attached hydrogens (tertiary/aromatic N) is 1. The molecule has 132 valence electrons. The summed E-state index contributed by atoms with van der Waals surface area (Å²) in [6, 6.07) is 11.9. The summed E-state index contributed by atoms with van der Waals surface area (Å²) in [4.78, 5) is 36.8. The number of esters is 1. The third-order valence-corrected chi connectivity index (χ3v) is 4.33. The number of H-pyrrole nitrogens is 1. The van der Waals surface area contributed by atoms with Crippen molar-refractivity contribution in [3.63, 3.8) is 0 Å². The van der Waals surface area contributed by atoms with Crippen molar-refractivity contribution in [3.05, 3.63) is 75.2 Å². The topological polar surface area (TPSA) is 89.1 Å². The number of aromatic nitrogens is 2. The SMILES string of the molecule is Cc1ccc(C(=O)C(C)OC(=O)c2n[nH]c(=O)c3ccccc23)cc1C. The first-order valence-electron chi connectivity index (χ1n) is 8.18. The smallest absolute Gasteiger partial charge is 0.360 e. The molecule has 0 radical (unpaired) electrons. The van der Waals surface area contributed by atoms with Gasteiger partial charge in [-0.15, -0.1) is 0 Å². The number of carbonyl (C=O) groups is 2. The number of ether oxygens (including phenoxy) is 1. The van der Waals surface area contributed by atoms with Gasteiger partial charge in [-0.25, -0.2) is 9.89 Å². The maximum atomic E-state index is 12.5. The van der Waals surface area contributed by atoms with E-state index in [1.54, 1.807) is 36.4 Å². The maximum absolute atomic E-state index is 12.5. The Hall–Kier alpha value is -3.28. The minimum atomic E-state index is -0.975. The largest absolute Gasteiger partial charge is 0.449 e. The molecule has 0 fully saturated rings. The van der Waals surface area contributed by atoms with Crippen LogP contribution in [-0.4, -0.2) is 28.1 Å². The van der Waals surface area contributed by atoms with E-state index in [-0.39, 0.29) is 11.5 Å². The molecule has 1 atom stereocenters. The summed E-state index contributed by atoms with van der Waals surface area (Å²) in [6.07, 6.45) is -0.975. The first-order valence-corrected chi connectivity index (χ1v) is 8.18. The number of rotatable bonds is 4. The summed E-state index contributed by atoms with van der Waals surface area (Å²) in [6.45, 7) is 5.39. The molecular weight excluding hydrogens is 332 g/mol. The molecule has 6 nitrogen and oxygen atoms in total. The van der Waals surface area contributed by atoms with E-state index in [0.29, 0.717) is 16.3 Å². The molecule has 3 rings (SSSR count). The number of aromatic amines is 1. The number of carbonyl (C=O) groups excluding carboxylic acids is 2. The van der Waals surface area contributed by atoms with Crippen LogP contribution >= 0.6 is 0 Å². The monoisotopic (exact) mass is 350 g/mol. The fourth-order valence-corrected chi connectivity index (χ4v) is 2.67. The lowest BCUT2D eigenvalue weighted by Crippen LogP contribution is -2.26. The number of aryl methyl sites for hydroxylation is 2. The summed E-state index contributed by atoms with van der Waals surface area (Å²) in [5, 5.41) is 6.79. The first-order chi connectivity index (χ1) is 12.4. The molecule has 1 heterocycles. The zero-order valence-corrected chi connectivity index (χ0v) is 14.7. The Bertz CT molecular complexity index is 1070. The molecule has 0 aliphatic rings. The van der Waals surface area contributed by atoms with E-state index >= 15 is 0 Å². The van der Waals surface area contributed by atoms with E-state index in [4.69, 9.17) is 4.74 Å². The van der Waals surface area contributed by atoms with Crippen molar-refractivity contribution in [1.82, 2.24) is 10.2 Å². The average molecular weight is 350 g/mol. The normalized spacial score (nSPS) is 12.0. The Morgan fingerprint density at radius 1 is 1.04 bits per heavy atom. The quantitative estimate of drug-likeness (QED) is 0.577. The van der Waals surface area contributed by atoms with Crippen molar-refractivity contribution in [1.29, 1.82) is 0 Å². The molecule has 0 bridgehead atoms. The van der Waals surface area contributed by atoms with E-state index in [1.165, 1.54) is 6.92 Å². The Morgan fingerprint density at radius 2 is 1.73 bits per heavy atom. The Morgan fingerprint density at radius 3 is 2.42 bits per heavy atom. The predicted octanol–water partition coefficient (Wildman–Crippen LogP) is 2.97. The van der Waals surface area contributed by atoms with Crippen LogP contribution in [-0.2, 0) is 4.74 Å². The summed E-state index contributed by atoms with van der Waals surface area (Å²) in [5.41, 5.74) is 2.13. The second kappa shape index (κ2) is 6.92. The minimum absolute atomic E-state index is 0.0278. The van der Waals surface area contributed by atoms with E-state index < -0.39 is 17.6 Å². The highest BCUT2D eigenvalue weighted by atomic mass is 16.5. The van der Waals surface area contributed by atoms with E-state index in [9.17, 15) is 14.4 Å². The molecule has 0 aliphatic carbocycles. The third kappa shape index (κ3) is 3.26. The zero-order chi connectivity index (χ0) is 18.8. The summed E-state index contributed by atoms with van der Waals surface area (Å²) in [5.74, 6) is -1.06. The van der Waals surface area contributed by atoms with Crippen LogP contribution in [0.25, 0.3) is 10.8 Å². The molecule has 6 heteroatoms. The number of hydrogen-bond donors (Lipinski definition) is 1. The van der Waals surface area contributed by atoms with E-state index in [0.717, 1.165) is 11.1 Å². The van der Waals surface area contributed by atoms with Gasteiger partial charge < -0.3 is 4.74 Å². The average Bonchev–Trinajstić information content (AvgIpc) is 2.63. The lowest BCUT2D eigenvalue weighted by atomic mass is 10.0. The molecule has 0 spiro atoms. The van der Waals surface area contributed by atoms with Crippen LogP contribution in [0.1, 0.15) is 38.9 Å². The van der Waals surface area contributed by atoms with Gasteiger partial charge in [0.25, 0.3) is 5.56 Å². The molecule has 0 aliphatic heterocycles. The van der Waals surface area contributed by atoms with Crippen LogP contribution in [0.15, 0.2) is 47.3 Å². The van der Waals surface area contributed by atoms with Crippen molar-refractivity contribution in [2.75, 3.05) is 0 Å². The van der Waals surface area contributed by atoms with Crippen molar-refractivity contribution in [2.45, 2.75) is 26.9 Å². The van der Waals surface area contributed by atoms with Crippen LogP contribution in [0.2, 0.25) is 0 Å². The molecule has 2 aromatic carbocycles. The van der Waals surface area contributed by atoms with Gasteiger partial charge in [0.05, 0.1) is 5.39 Å². The number of fused-ring (bicyclic) bond motifs is 1. The molecule has 0 saturated heterocycles. The van der Waals surface area contributed by atoms with Crippen LogP contribution in [0.5, 0.6) is 0 Å². The number of Topliss-reactive ketones (excluding diaryl/α,β-unsaturated/α-hetero) is 1. The van der Waals surface area contributed by atoms with Gasteiger partial charge in [-0.3, -0.25) is 9.59 Å². The highest BCUT2D eigenvalue weighted by Gasteiger charge is 2.23. The van der Waals surface area contributed by atoms with Gasteiger partial charge in [0.1, 0.15) is 0 Å². The second-order valence-corrected chi connectivity index (χ2v) is 6.16. The highest BCUT2D eigenvalue weighted by Crippen LogP contribution is 2.16. The Labute approximate surface area is 149 Å². The number of nitrogens with one attached hydrogen (secondary N) is 1. The summed E-state index contributed by atoms with van der Waals surface area (Å²) in [7, 11) is 0. The van der Waals surface area contributed by atoms with Gasteiger partial charge in [-0.05, 0) is 44.0 Å². The fraction of sp³-hybridized carbons (Fsp3) is 0.200. The molecule has 26 heavy (non-hydrogen) atoms. The van der Waals surface area contributed by atoms with Gasteiger partial charge in [-0.2, -0.15) is 5.10 Å². The first kappa shape index (κ1) is 17.5. The molecular formula is C20H18N2O4. The van der Waals surface area contributed by atoms with Crippen molar-refractivity contribution < 1.29 is 14.3 Å². The van der Waals surface area contributed by atoms with Gasteiger partial charge in [0.2, 0.25) is 5.78 Å². The molecule has 0 amide bonds. The number of hydrogen-bond acceptors (Lipinski definition) is 5. The van der Waals surface area contributed by atoms with E-state index in [1.807, 2.05) is 19.9 Å². The van der Waals surface area contributed by atoms with Crippen LogP contribution in [0.3, 0.4) is 0 Å². The predicted molar refractivity (Wildman–Crippen MR) is 97.5 cm³/mol. The standard InChI is InChI=1S/C20H18N2O4/c1-11-8-9-14(10-12(11)2)18(23)13(3)26-20(25)17-15-6-4-5-7-16(15)19(24)22-21-17/h4-10,13H,1-3H3,(H,22,24). The van der Waals surface area contributed by atoms with Gasteiger partial charge in [-0.1, -0.05) is 30.3 Å². The minimum Gasteiger partial charge on any atom is -0.449 e. The summed E-state index contributed by atoms with van der Waals surface area (Å²) >= 11 is 0. The number of ketones is 1.